The Morgan fingerprint density at radius 2 is 2.21 bits per heavy atom. The standard InChI is InChI=1S/C15H23N3O/c1-11-8-14(12(2)16-11)15(19)10-17-6-7-18-5-3-4-13(18)9-17/h8,13,16H,3-7,9-10H2,1-2H3. The minimum atomic E-state index is 0.258. The van der Waals surface area contributed by atoms with Crippen LogP contribution in [0.5, 0.6) is 0 Å². The number of aryl methyl sites for hydroxylation is 2. The molecule has 1 atom stereocenters. The van der Waals surface area contributed by atoms with Crippen molar-refractivity contribution in [2.24, 2.45) is 0 Å². The Morgan fingerprint density at radius 3 is 2.95 bits per heavy atom. The molecular formula is C15H23N3O. The maximum absolute atomic E-state index is 12.4. The molecule has 0 bridgehead atoms. The van der Waals surface area contributed by atoms with E-state index in [1.54, 1.807) is 0 Å². The third kappa shape index (κ3) is 2.60. The molecule has 4 heteroatoms. The van der Waals surface area contributed by atoms with Crippen LogP contribution in [-0.2, 0) is 0 Å². The summed E-state index contributed by atoms with van der Waals surface area (Å²) in [5.74, 6) is 0.258. The number of H-pyrrole nitrogens is 1. The highest BCUT2D eigenvalue weighted by Gasteiger charge is 2.31. The van der Waals surface area contributed by atoms with Gasteiger partial charge in [0.25, 0.3) is 0 Å². The van der Waals surface area contributed by atoms with Crippen molar-refractivity contribution in [1.82, 2.24) is 14.8 Å². The number of nitrogens with zero attached hydrogens (tertiary/aromatic N) is 2. The predicted molar refractivity (Wildman–Crippen MR) is 75.6 cm³/mol. The zero-order valence-corrected chi connectivity index (χ0v) is 11.9. The fraction of sp³-hybridized carbons (Fsp3) is 0.667. The van der Waals surface area contributed by atoms with Gasteiger partial charge in [0, 0.05) is 42.6 Å². The van der Waals surface area contributed by atoms with Crippen molar-refractivity contribution in [1.29, 1.82) is 0 Å². The van der Waals surface area contributed by atoms with Crippen molar-refractivity contribution in [3.63, 3.8) is 0 Å². The lowest BCUT2D eigenvalue weighted by molar-refractivity contribution is 0.0784. The number of hydrogen-bond donors (Lipinski definition) is 1. The molecule has 2 aliphatic heterocycles. The third-order valence-corrected chi connectivity index (χ3v) is 4.49. The second-order valence-corrected chi connectivity index (χ2v) is 5.98. The first-order chi connectivity index (χ1) is 9.13. The van der Waals surface area contributed by atoms with Crippen LogP contribution >= 0.6 is 0 Å². The van der Waals surface area contributed by atoms with Crippen molar-refractivity contribution in [3.05, 3.63) is 23.0 Å². The van der Waals surface area contributed by atoms with E-state index in [2.05, 4.69) is 14.8 Å². The lowest BCUT2D eigenvalue weighted by Crippen LogP contribution is -2.51. The summed E-state index contributed by atoms with van der Waals surface area (Å²) < 4.78 is 0. The Hall–Kier alpha value is -1.13. The second-order valence-electron chi connectivity index (χ2n) is 5.98. The van der Waals surface area contributed by atoms with Gasteiger partial charge in [0.05, 0.1) is 6.54 Å². The minimum Gasteiger partial charge on any atom is -0.362 e. The highest BCUT2D eigenvalue weighted by atomic mass is 16.1. The van der Waals surface area contributed by atoms with E-state index in [-0.39, 0.29) is 5.78 Å². The molecule has 0 amide bonds. The fourth-order valence-corrected chi connectivity index (χ4v) is 3.50. The summed E-state index contributed by atoms with van der Waals surface area (Å²) in [6.45, 7) is 9.03. The molecule has 2 fully saturated rings. The summed E-state index contributed by atoms with van der Waals surface area (Å²) >= 11 is 0. The van der Waals surface area contributed by atoms with E-state index in [9.17, 15) is 4.79 Å². The molecule has 1 aromatic rings. The number of aromatic amines is 1. The number of carbonyl (C=O) groups excluding carboxylic acids is 1. The zero-order valence-electron chi connectivity index (χ0n) is 11.9. The molecule has 0 saturated carbocycles. The van der Waals surface area contributed by atoms with Gasteiger partial charge in [0.15, 0.2) is 5.78 Å². The normalized spacial score (nSPS) is 24.6. The average molecular weight is 261 g/mol. The summed E-state index contributed by atoms with van der Waals surface area (Å²) in [7, 11) is 0. The van der Waals surface area contributed by atoms with Crippen LogP contribution in [0.1, 0.15) is 34.6 Å². The van der Waals surface area contributed by atoms with Crippen molar-refractivity contribution >= 4 is 5.78 Å². The molecule has 0 aromatic carbocycles. The van der Waals surface area contributed by atoms with E-state index in [1.807, 2.05) is 19.9 Å². The van der Waals surface area contributed by atoms with Crippen molar-refractivity contribution in [2.75, 3.05) is 32.7 Å². The smallest absolute Gasteiger partial charge is 0.178 e. The quantitative estimate of drug-likeness (QED) is 0.840. The summed E-state index contributed by atoms with van der Waals surface area (Å²) in [5, 5.41) is 0. The topological polar surface area (TPSA) is 39.3 Å². The molecule has 4 nitrogen and oxygen atoms in total. The Kier molecular flexibility index (Phi) is 3.46. The SMILES string of the molecule is Cc1cc(C(=O)CN2CCN3CCCC3C2)c(C)[nH]1. The number of ketones is 1. The number of aromatic nitrogens is 1. The molecule has 3 heterocycles. The van der Waals surface area contributed by atoms with E-state index >= 15 is 0 Å². The maximum atomic E-state index is 12.4. The largest absolute Gasteiger partial charge is 0.362 e. The van der Waals surface area contributed by atoms with Crippen LogP contribution in [0.2, 0.25) is 0 Å². The number of carbonyl (C=O) groups is 1. The van der Waals surface area contributed by atoms with E-state index in [0.29, 0.717) is 12.6 Å². The first kappa shape index (κ1) is 12.9. The molecule has 104 valence electrons. The van der Waals surface area contributed by atoms with Gasteiger partial charge in [-0.15, -0.1) is 0 Å². The Morgan fingerprint density at radius 1 is 1.37 bits per heavy atom. The lowest BCUT2D eigenvalue weighted by Gasteiger charge is -2.37. The predicted octanol–water partition coefficient (Wildman–Crippen LogP) is 1.59. The van der Waals surface area contributed by atoms with Crippen molar-refractivity contribution in [2.45, 2.75) is 32.7 Å². The van der Waals surface area contributed by atoms with Gasteiger partial charge in [0.1, 0.15) is 0 Å². The Bertz CT molecular complexity index is 480. The summed E-state index contributed by atoms with van der Waals surface area (Å²) in [4.78, 5) is 20.5. The zero-order chi connectivity index (χ0) is 13.4. The molecule has 19 heavy (non-hydrogen) atoms. The number of fused-ring (bicyclic) bond motifs is 1. The third-order valence-electron chi connectivity index (χ3n) is 4.49. The van der Waals surface area contributed by atoms with E-state index in [0.717, 1.165) is 36.6 Å². The molecule has 0 spiro atoms. The first-order valence-electron chi connectivity index (χ1n) is 7.29. The number of Topliss-reactive ketones (excluding diaryl/α,β-unsaturated/α-hetero) is 1. The molecule has 2 saturated heterocycles. The number of rotatable bonds is 3. The van der Waals surface area contributed by atoms with Crippen molar-refractivity contribution < 1.29 is 4.79 Å². The van der Waals surface area contributed by atoms with Gasteiger partial charge < -0.3 is 4.98 Å². The van der Waals surface area contributed by atoms with Gasteiger partial charge in [-0.1, -0.05) is 0 Å². The fourth-order valence-electron chi connectivity index (χ4n) is 3.50. The summed E-state index contributed by atoms with van der Waals surface area (Å²) in [5.41, 5.74) is 2.94. The van der Waals surface area contributed by atoms with E-state index in [4.69, 9.17) is 0 Å². The molecule has 0 aliphatic carbocycles. The van der Waals surface area contributed by atoms with Crippen LogP contribution < -0.4 is 0 Å². The number of nitrogens with one attached hydrogen (secondary N) is 1. The number of hydrogen-bond acceptors (Lipinski definition) is 3. The van der Waals surface area contributed by atoms with Gasteiger partial charge in [0.2, 0.25) is 0 Å². The van der Waals surface area contributed by atoms with Crippen LogP contribution in [0.15, 0.2) is 6.07 Å². The highest BCUT2D eigenvalue weighted by molar-refractivity contribution is 5.98. The minimum absolute atomic E-state index is 0.258. The molecule has 1 N–H and O–H groups in total. The summed E-state index contributed by atoms with van der Waals surface area (Å²) in [6.07, 6.45) is 2.62. The van der Waals surface area contributed by atoms with Gasteiger partial charge in [-0.3, -0.25) is 14.6 Å². The van der Waals surface area contributed by atoms with Crippen LogP contribution in [0.4, 0.5) is 0 Å². The monoisotopic (exact) mass is 261 g/mol. The Labute approximate surface area is 114 Å². The van der Waals surface area contributed by atoms with Gasteiger partial charge >= 0.3 is 0 Å². The molecule has 1 unspecified atom stereocenters. The molecular weight excluding hydrogens is 238 g/mol. The van der Waals surface area contributed by atoms with Crippen LogP contribution in [0.25, 0.3) is 0 Å². The van der Waals surface area contributed by atoms with Crippen LogP contribution in [0.3, 0.4) is 0 Å². The van der Waals surface area contributed by atoms with E-state index in [1.165, 1.54) is 19.4 Å². The summed E-state index contributed by atoms with van der Waals surface area (Å²) in [6, 6.07) is 2.67. The molecule has 1 aromatic heterocycles. The van der Waals surface area contributed by atoms with Crippen LogP contribution in [-0.4, -0.2) is 59.3 Å². The number of piperazine rings is 1. The first-order valence-corrected chi connectivity index (χ1v) is 7.29. The molecule has 3 rings (SSSR count). The van der Waals surface area contributed by atoms with Crippen LogP contribution in [0, 0.1) is 13.8 Å². The van der Waals surface area contributed by atoms with Gasteiger partial charge in [-0.2, -0.15) is 0 Å². The molecule has 2 aliphatic rings. The van der Waals surface area contributed by atoms with E-state index < -0.39 is 0 Å². The maximum Gasteiger partial charge on any atom is 0.178 e. The average Bonchev–Trinajstić information content (AvgIpc) is 2.94. The molecule has 0 radical (unpaired) electrons. The highest BCUT2D eigenvalue weighted by Crippen LogP contribution is 2.21. The lowest BCUT2D eigenvalue weighted by atomic mass is 10.1. The second kappa shape index (κ2) is 5.10. The van der Waals surface area contributed by atoms with Gasteiger partial charge in [-0.25, -0.2) is 0 Å². The van der Waals surface area contributed by atoms with Gasteiger partial charge in [-0.05, 0) is 39.3 Å². The Balaban J connectivity index is 1.62. The van der Waals surface area contributed by atoms with Crippen molar-refractivity contribution in [3.8, 4) is 0 Å².